The zero-order chi connectivity index (χ0) is 15.8. The third-order valence-electron chi connectivity index (χ3n) is 6.28. The summed E-state index contributed by atoms with van der Waals surface area (Å²) in [5.41, 5.74) is 10.3. The Morgan fingerprint density at radius 3 is 2.38 bits per heavy atom. The van der Waals surface area contributed by atoms with Crippen molar-refractivity contribution < 1.29 is 0 Å². The molecular weight excluding hydrogens is 258 g/mol. The van der Waals surface area contributed by atoms with E-state index in [1.807, 2.05) is 0 Å². The molecule has 0 aliphatic heterocycles. The normalized spacial score (nSPS) is 27.1. The van der Waals surface area contributed by atoms with Gasteiger partial charge in [-0.2, -0.15) is 5.10 Å². The number of aryl methyl sites for hydroxylation is 1. The second-order valence-corrected chi connectivity index (χ2v) is 7.66. The summed E-state index contributed by atoms with van der Waals surface area (Å²) in [6.07, 6.45) is 5.03. The highest BCUT2D eigenvalue weighted by molar-refractivity contribution is 5.23. The van der Waals surface area contributed by atoms with E-state index in [0.29, 0.717) is 17.4 Å². The summed E-state index contributed by atoms with van der Waals surface area (Å²) in [5, 5.41) is 4.84. The molecule has 0 bridgehead atoms. The molecule has 0 radical (unpaired) electrons. The summed E-state index contributed by atoms with van der Waals surface area (Å²) < 4.78 is 2.29. The molecule has 120 valence electrons. The number of nitrogens with zero attached hydrogens (tertiary/aromatic N) is 2. The number of hydrogen-bond acceptors (Lipinski definition) is 2. The van der Waals surface area contributed by atoms with Crippen LogP contribution in [0.25, 0.3) is 0 Å². The van der Waals surface area contributed by atoms with Crippen LogP contribution in [-0.4, -0.2) is 16.3 Å². The molecular formula is C18H33N3. The molecule has 2 N–H and O–H groups in total. The molecule has 3 unspecified atom stereocenters. The fraction of sp³-hybridized carbons (Fsp3) is 0.833. The molecule has 1 aliphatic carbocycles. The van der Waals surface area contributed by atoms with Gasteiger partial charge in [-0.25, -0.2) is 0 Å². The highest BCUT2D eigenvalue weighted by Crippen LogP contribution is 2.46. The number of rotatable bonds is 4. The maximum absolute atomic E-state index is 6.07. The van der Waals surface area contributed by atoms with Crippen LogP contribution < -0.4 is 5.73 Å². The van der Waals surface area contributed by atoms with E-state index in [0.717, 1.165) is 12.5 Å². The van der Waals surface area contributed by atoms with Gasteiger partial charge < -0.3 is 5.73 Å². The fourth-order valence-corrected chi connectivity index (χ4v) is 3.85. The summed E-state index contributed by atoms with van der Waals surface area (Å²) >= 11 is 0. The average Bonchev–Trinajstić information content (AvgIpc) is 2.74. The van der Waals surface area contributed by atoms with Gasteiger partial charge in [-0.05, 0) is 69.4 Å². The van der Waals surface area contributed by atoms with E-state index in [4.69, 9.17) is 10.8 Å². The maximum Gasteiger partial charge on any atom is 0.0625 e. The van der Waals surface area contributed by atoms with Gasteiger partial charge in [-0.3, -0.25) is 4.68 Å². The van der Waals surface area contributed by atoms with E-state index < -0.39 is 0 Å². The molecule has 2 rings (SSSR count). The Hall–Kier alpha value is -0.830. The lowest BCUT2D eigenvalue weighted by Gasteiger charge is -2.43. The molecule has 0 aromatic carbocycles. The van der Waals surface area contributed by atoms with Crippen LogP contribution in [0.3, 0.4) is 0 Å². The second-order valence-electron chi connectivity index (χ2n) is 7.66. The van der Waals surface area contributed by atoms with Gasteiger partial charge in [0.15, 0.2) is 0 Å². The summed E-state index contributed by atoms with van der Waals surface area (Å²) in [6, 6.07) is 0.479. The molecule has 3 heteroatoms. The molecule has 3 atom stereocenters. The van der Waals surface area contributed by atoms with E-state index in [-0.39, 0.29) is 0 Å². The minimum Gasteiger partial charge on any atom is -0.330 e. The Morgan fingerprint density at radius 2 is 1.90 bits per heavy atom. The molecule has 0 saturated heterocycles. The topological polar surface area (TPSA) is 43.8 Å². The minimum absolute atomic E-state index is 0.420. The van der Waals surface area contributed by atoms with E-state index in [2.05, 4.69) is 46.2 Å². The molecule has 1 aromatic heterocycles. The Labute approximate surface area is 130 Å². The van der Waals surface area contributed by atoms with Crippen molar-refractivity contribution in [3.8, 4) is 0 Å². The maximum atomic E-state index is 6.07. The average molecular weight is 291 g/mol. The van der Waals surface area contributed by atoms with Crippen molar-refractivity contribution in [3.63, 3.8) is 0 Å². The van der Waals surface area contributed by atoms with E-state index >= 15 is 0 Å². The van der Waals surface area contributed by atoms with Gasteiger partial charge in [-0.15, -0.1) is 0 Å². The van der Waals surface area contributed by atoms with E-state index in [1.54, 1.807) is 0 Å². The highest BCUT2D eigenvalue weighted by atomic mass is 15.3. The summed E-state index contributed by atoms with van der Waals surface area (Å²) in [4.78, 5) is 0. The quantitative estimate of drug-likeness (QED) is 0.905. The van der Waals surface area contributed by atoms with Crippen molar-refractivity contribution >= 4 is 0 Å². The van der Waals surface area contributed by atoms with Crippen LogP contribution in [0.15, 0.2) is 0 Å². The van der Waals surface area contributed by atoms with Gasteiger partial charge >= 0.3 is 0 Å². The molecule has 1 saturated carbocycles. The van der Waals surface area contributed by atoms with Crippen molar-refractivity contribution in [2.24, 2.45) is 23.0 Å². The van der Waals surface area contributed by atoms with Crippen molar-refractivity contribution in [3.05, 3.63) is 17.0 Å². The summed E-state index contributed by atoms with van der Waals surface area (Å²) in [5.74, 6) is 1.35. The SMILES string of the molecule is CCC(C)(C)C1CCC(CN)C(n2nc(C)c(C)c2C)C1. The Bertz CT molecular complexity index is 487. The lowest BCUT2D eigenvalue weighted by molar-refractivity contribution is 0.0840. The highest BCUT2D eigenvalue weighted by Gasteiger charge is 2.38. The van der Waals surface area contributed by atoms with Crippen LogP contribution in [0.4, 0.5) is 0 Å². The number of aromatic nitrogens is 2. The van der Waals surface area contributed by atoms with Crippen molar-refractivity contribution in [1.29, 1.82) is 0 Å². The van der Waals surface area contributed by atoms with E-state index in [9.17, 15) is 0 Å². The predicted molar refractivity (Wildman–Crippen MR) is 89.4 cm³/mol. The second kappa shape index (κ2) is 6.12. The molecule has 21 heavy (non-hydrogen) atoms. The molecule has 1 fully saturated rings. The molecule has 3 nitrogen and oxygen atoms in total. The van der Waals surface area contributed by atoms with Gasteiger partial charge in [0.25, 0.3) is 0 Å². The minimum atomic E-state index is 0.420. The lowest BCUT2D eigenvalue weighted by atomic mass is 9.66. The van der Waals surface area contributed by atoms with Crippen molar-refractivity contribution in [2.75, 3.05) is 6.54 Å². The first-order chi connectivity index (χ1) is 9.81. The van der Waals surface area contributed by atoms with Crippen LogP contribution in [0.5, 0.6) is 0 Å². The van der Waals surface area contributed by atoms with Crippen LogP contribution in [0, 0.1) is 38.0 Å². The van der Waals surface area contributed by atoms with Crippen molar-refractivity contribution in [1.82, 2.24) is 9.78 Å². The Kier molecular flexibility index (Phi) is 4.82. The van der Waals surface area contributed by atoms with Crippen LogP contribution in [-0.2, 0) is 0 Å². The third kappa shape index (κ3) is 3.03. The molecule has 1 aliphatic rings. The van der Waals surface area contributed by atoms with Gasteiger partial charge in [0.05, 0.1) is 11.7 Å². The zero-order valence-electron chi connectivity index (χ0n) is 14.7. The van der Waals surface area contributed by atoms with Gasteiger partial charge in [-0.1, -0.05) is 27.2 Å². The number of nitrogens with two attached hydrogens (primary N) is 1. The smallest absolute Gasteiger partial charge is 0.0625 e. The zero-order valence-corrected chi connectivity index (χ0v) is 14.7. The predicted octanol–water partition coefficient (Wildman–Crippen LogP) is 4.16. The van der Waals surface area contributed by atoms with Gasteiger partial charge in [0.2, 0.25) is 0 Å². The first-order valence-electron chi connectivity index (χ1n) is 8.54. The monoisotopic (exact) mass is 291 g/mol. The van der Waals surface area contributed by atoms with E-state index in [1.165, 1.54) is 42.6 Å². The largest absolute Gasteiger partial charge is 0.330 e. The first kappa shape index (κ1) is 16.5. The Balaban J connectivity index is 2.31. The molecule has 0 amide bonds. The fourth-order valence-electron chi connectivity index (χ4n) is 3.85. The lowest BCUT2D eigenvalue weighted by Crippen LogP contribution is -2.38. The first-order valence-corrected chi connectivity index (χ1v) is 8.54. The standard InChI is InChI=1S/C18H33N3/c1-7-18(5,6)16-9-8-15(11-19)17(10-16)21-14(4)12(2)13(3)20-21/h15-17H,7-11,19H2,1-6H3. The summed E-state index contributed by atoms with van der Waals surface area (Å²) in [6.45, 7) is 14.4. The molecule has 1 aromatic rings. The summed E-state index contributed by atoms with van der Waals surface area (Å²) in [7, 11) is 0. The Morgan fingerprint density at radius 1 is 1.24 bits per heavy atom. The van der Waals surface area contributed by atoms with Gasteiger partial charge in [0.1, 0.15) is 0 Å². The van der Waals surface area contributed by atoms with Crippen LogP contribution in [0.1, 0.15) is 69.4 Å². The molecule has 0 spiro atoms. The number of hydrogen-bond donors (Lipinski definition) is 1. The van der Waals surface area contributed by atoms with Crippen molar-refractivity contribution in [2.45, 2.75) is 73.3 Å². The van der Waals surface area contributed by atoms with Crippen LogP contribution in [0.2, 0.25) is 0 Å². The van der Waals surface area contributed by atoms with Gasteiger partial charge in [0, 0.05) is 5.69 Å². The molecule has 1 heterocycles. The van der Waals surface area contributed by atoms with Crippen LogP contribution >= 0.6 is 0 Å². The third-order valence-corrected chi connectivity index (χ3v) is 6.28.